The van der Waals surface area contributed by atoms with Gasteiger partial charge in [0.2, 0.25) is 5.91 Å². The predicted octanol–water partition coefficient (Wildman–Crippen LogP) is 3.29. The molecule has 1 aromatic heterocycles. The molecule has 0 aliphatic carbocycles. The van der Waals surface area contributed by atoms with Gasteiger partial charge in [0.15, 0.2) is 5.76 Å². The SMILES string of the molecule is C[C@@H](NC(=O)[C@@H]1CCCCN1C(=O)c1ccco1)c1ccc(F)cc1. The number of amides is 2. The summed E-state index contributed by atoms with van der Waals surface area (Å²) in [5, 5.41) is 2.93. The van der Waals surface area contributed by atoms with Crippen molar-refractivity contribution in [1.82, 2.24) is 10.2 Å². The van der Waals surface area contributed by atoms with Gasteiger partial charge in [-0.1, -0.05) is 12.1 Å². The highest BCUT2D eigenvalue weighted by molar-refractivity contribution is 5.95. The minimum Gasteiger partial charge on any atom is -0.459 e. The summed E-state index contributed by atoms with van der Waals surface area (Å²) >= 11 is 0. The number of carbonyl (C=O) groups excluding carboxylic acids is 2. The number of carbonyl (C=O) groups is 2. The van der Waals surface area contributed by atoms with E-state index in [1.54, 1.807) is 29.2 Å². The number of halogens is 1. The predicted molar refractivity (Wildman–Crippen MR) is 90.3 cm³/mol. The zero-order valence-corrected chi connectivity index (χ0v) is 14.1. The first kappa shape index (κ1) is 17.2. The van der Waals surface area contributed by atoms with Gasteiger partial charge >= 0.3 is 0 Å². The third kappa shape index (κ3) is 3.90. The van der Waals surface area contributed by atoms with E-state index in [4.69, 9.17) is 4.42 Å². The first-order valence-electron chi connectivity index (χ1n) is 8.46. The van der Waals surface area contributed by atoms with Crippen molar-refractivity contribution >= 4 is 11.8 Å². The molecule has 1 aromatic carbocycles. The van der Waals surface area contributed by atoms with Crippen molar-refractivity contribution in [1.29, 1.82) is 0 Å². The lowest BCUT2D eigenvalue weighted by atomic mass is 10.00. The summed E-state index contributed by atoms with van der Waals surface area (Å²) < 4.78 is 18.2. The van der Waals surface area contributed by atoms with Crippen LogP contribution in [0.1, 0.15) is 48.3 Å². The number of nitrogens with one attached hydrogen (secondary N) is 1. The summed E-state index contributed by atoms with van der Waals surface area (Å²) in [5.41, 5.74) is 0.814. The Morgan fingerprint density at radius 1 is 1.24 bits per heavy atom. The van der Waals surface area contributed by atoms with Crippen molar-refractivity contribution in [2.24, 2.45) is 0 Å². The van der Waals surface area contributed by atoms with Crippen molar-refractivity contribution in [2.45, 2.75) is 38.3 Å². The third-order valence-electron chi connectivity index (χ3n) is 4.53. The van der Waals surface area contributed by atoms with Crippen molar-refractivity contribution in [3.8, 4) is 0 Å². The van der Waals surface area contributed by atoms with E-state index >= 15 is 0 Å². The molecule has 132 valence electrons. The van der Waals surface area contributed by atoms with Crippen LogP contribution < -0.4 is 5.32 Å². The normalized spacial score (nSPS) is 18.6. The molecule has 0 bridgehead atoms. The lowest BCUT2D eigenvalue weighted by molar-refractivity contribution is -0.127. The van der Waals surface area contributed by atoms with Crippen molar-refractivity contribution in [3.05, 3.63) is 59.8 Å². The van der Waals surface area contributed by atoms with Crippen LogP contribution in [0.3, 0.4) is 0 Å². The highest BCUT2D eigenvalue weighted by Gasteiger charge is 2.34. The van der Waals surface area contributed by atoms with Crippen molar-refractivity contribution in [2.75, 3.05) is 6.54 Å². The summed E-state index contributed by atoms with van der Waals surface area (Å²) in [6.45, 7) is 2.37. The minimum atomic E-state index is -0.519. The number of piperidine rings is 1. The molecular weight excluding hydrogens is 323 g/mol. The molecule has 1 aliphatic rings. The second kappa shape index (κ2) is 7.51. The van der Waals surface area contributed by atoms with E-state index in [0.29, 0.717) is 13.0 Å². The third-order valence-corrected chi connectivity index (χ3v) is 4.53. The molecule has 0 spiro atoms. The molecular formula is C19H21FN2O3. The lowest BCUT2D eigenvalue weighted by Gasteiger charge is -2.34. The van der Waals surface area contributed by atoms with Crippen LogP contribution in [0.4, 0.5) is 4.39 Å². The number of hydrogen-bond donors (Lipinski definition) is 1. The molecule has 0 unspecified atom stereocenters. The summed E-state index contributed by atoms with van der Waals surface area (Å²) in [4.78, 5) is 26.9. The lowest BCUT2D eigenvalue weighted by Crippen LogP contribution is -2.52. The average molecular weight is 344 g/mol. The van der Waals surface area contributed by atoms with Gasteiger partial charge < -0.3 is 14.6 Å². The van der Waals surface area contributed by atoms with Crippen LogP contribution in [0.2, 0.25) is 0 Å². The smallest absolute Gasteiger partial charge is 0.290 e. The fourth-order valence-corrected chi connectivity index (χ4v) is 3.13. The molecule has 5 nitrogen and oxygen atoms in total. The molecule has 2 aromatic rings. The number of likely N-dealkylation sites (tertiary alicyclic amines) is 1. The molecule has 25 heavy (non-hydrogen) atoms. The van der Waals surface area contributed by atoms with Crippen molar-refractivity contribution < 1.29 is 18.4 Å². The second-order valence-corrected chi connectivity index (χ2v) is 6.27. The van der Waals surface area contributed by atoms with E-state index in [0.717, 1.165) is 18.4 Å². The average Bonchev–Trinajstić information content (AvgIpc) is 3.16. The van der Waals surface area contributed by atoms with Gasteiger partial charge in [-0.3, -0.25) is 9.59 Å². The maximum absolute atomic E-state index is 13.0. The number of furan rings is 1. The van der Waals surface area contributed by atoms with Crippen LogP contribution in [-0.2, 0) is 4.79 Å². The summed E-state index contributed by atoms with van der Waals surface area (Å²) in [7, 11) is 0. The quantitative estimate of drug-likeness (QED) is 0.926. The van der Waals surface area contributed by atoms with E-state index < -0.39 is 6.04 Å². The van der Waals surface area contributed by atoms with Gasteiger partial charge in [-0.05, 0) is 56.0 Å². The zero-order chi connectivity index (χ0) is 17.8. The molecule has 2 amide bonds. The number of benzene rings is 1. The van der Waals surface area contributed by atoms with E-state index in [2.05, 4.69) is 5.32 Å². The standard InChI is InChI=1S/C19H21FN2O3/c1-13(14-7-9-15(20)10-8-14)21-18(23)16-5-2-3-11-22(16)19(24)17-6-4-12-25-17/h4,6-10,12-13,16H,2-3,5,11H2,1H3,(H,21,23)/t13-,16+/m1/s1. The maximum Gasteiger partial charge on any atom is 0.290 e. The monoisotopic (exact) mass is 344 g/mol. The summed E-state index contributed by atoms with van der Waals surface area (Å²) in [5.74, 6) is -0.535. The van der Waals surface area contributed by atoms with Crippen molar-refractivity contribution in [3.63, 3.8) is 0 Å². The van der Waals surface area contributed by atoms with Crippen LogP contribution in [0.5, 0.6) is 0 Å². The Hall–Kier alpha value is -2.63. The van der Waals surface area contributed by atoms with E-state index in [-0.39, 0.29) is 29.4 Å². The molecule has 0 radical (unpaired) electrons. The Kier molecular flexibility index (Phi) is 5.16. The van der Waals surface area contributed by atoms with E-state index in [1.807, 2.05) is 6.92 Å². The van der Waals surface area contributed by atoms with Crippen LogP contribution in [-0.4, -0.2) is 29.3 Å². The molecule has 1 saturated heterocycles. The first-order chi connectivity index (χ1) is 12.1. The van der Waals surface area contributed by atoms with Crippen LogP contribution >= 0.6 is 0 Å². The maximum atomic E-state index is 13.0. The number of hydrogen-bond acceptors (Lipinski definition) is 3. The molecule has 6 heteroatoms. The Morgan fingerprint density at radius 2 is 2.00 bits per heavy atom. The molecule has 2 heterocycles. The van der Waals surface area contributed by atoms with Gasteiger partial charge in [-0.2, -0.15) is 0 Å². The van der Waals surface area contributed by atoms with Gasteiger partial charge in [0.1, 0.15) is 11.9 Å². The van der Waals surface area contributed by atoms with Crippen LogP contribution in [0, 0.1) is 5.82 Å². The highest BCUT2D eigenvalue weighted by Crippen LogP contribution is 2.21. The fourth-order valence-electron chi connectivity index (χ4n) is 3.13. The molecule has 0 saturated carbocycles. The number of nitrogens with zero attached hydrogens (tertiary/aromatic N) is 1. The first-order valence-corrected chi connectivity index (χ1v) is 8.46. The van der Waals surface area contributed by atoms with E-state index in [9.17, 15) is 14.0 Å². The largest absolute Gasteiger partial charge is 0.459 e. The van der Waals surface area contributed by atoms with Crippen LogP contribution in [0.15, 0.2) is 47.1 Å². The second-order valence-electron chi connectivity index (χ2n) is 6.27. The van der Waals surface area contributed by atoms with Gasteiger partial charge in [-0.25, -0.2) is 4.39 Å². The topological polar surface area (TPSA) is 62.6 Å². The summed E-state index contributed by atoms with van der Waals surface area (Å²) in [6, 6.07) is 8.50. The summed E-state index contributed by atoms with van der Waals surface area (Å²) in [6.07, 6.45) is 3.83. The van der Waals surface area contributed by atoms with Gasteiger partial charge in [0, 0.05) is 6.54 Å². The highest BCUT2D eigenvalue weighted by atomic mass is 19.1. The zero-order valence-electron chi connectivity index (χ0n) is 14.1. The Balaban J connectivity index is 1.70. The molecule has 2 atom stereocenters. The molecule has 3 rings (SSSR count). The Labute approximate surface area is 145 Å². The van der Waals surface area contributed by atoms with Crippen LogP contribution in [0.25, 0.3) is 0 Å². The van der Waals surface area contributed by atoms with E-state index in [1.165, 1.54) is 18.4 Å². The minimum absolute atomic E-state index is 0.198. The fraction of sp³-hybridized carbons (Fsp3) is 0.368. The van der Waals surface area contributed by atoms with Gasteiger partial charge in [0.05, 0.1) is 12.3 Å². The molecule has 1 aliphatic heterocycles. The Bertz CT molecular complexity index is 728. The number of rotatable bonds is 4. The van der Waals surface area contributed by atoms with Gasteiger partial charge in [-0.15, -0.1) is 0 Å². The Morgan fingerprint density at radius 3 is 2.68 bits per heavy atom. The molecule has 1 N–H and O–H groups in total. The van der Waals surface area contributed by atoms with Gasteiger partial charge in [0.25, 0.3) is 5.91 Å². The molecule has 1 fully saturated rings.